The van der Waals surface area contributed by atoms with E-state index < -0.39 is 0 Å². The molecule has 1 saturated heterocycles. The van der Waals surface area contributed by atoms with Crippen molar-refractivity contribution in [1.29, 1.82) is 0 Å². The maximum Gasteiger partial charge on any atom is 0.142 e. The molecule has 0 bridgehead atoms. The van der Waals surface area contributed by atoms with Crippen LogP contribution in [0.4, 0.5) is 5.69 Å². The molecule has 0 spiro atoms. The van der Waals surface area contributed by atoms with Gasteiger partial charge in [0.05, 0.1) is 12.8 Å². The maximum absolute atomic E-state index is 5.60. The normalized spacial score (nSPS) is 16.0. The molecule has 0 unspecified atom stereocenters. The second kappa shape index (κ2) is 8.05. The summed E-state index contributed by atoms with van der Waals surface area (Å²) in [6, 6.07) is 6.50. The van der Waals surface area contributed by atoms with Crippen LogP contribution in [0.5, 0.6) is 5.75 Å². The lowest BCUT2D eigenvalue weighted by Gasteiger charge is -2.36. The summed E-state index contributed by atoms with van der Waals surface area (Å²) >= 11 is 0. The van der Waals surface area contributed by atoms with Gasteiger partial charge in [-0.25, -0.2) is 0 Å². The summed E-state index contributed by atoms with van der Waals surface area (Å²) in [4.78, 5) is 4.91. The van der Waals surface area contributed by atoms with Gasteiger partial charge in [0.25, 0.3) is 0 Å². The van der Waals surface area contributed by atoms with E-state index in [4.69, 9.17) is 4.74 Å². The molecular formula is C17H27N3O. The summed E-state index contributed by atoms with van der Waals surface area (Å²) in [7, 11) is 1.75. The molecule has 1 aliphatic heterocycles. The second-order valence-electron chi connectivity index (χ2n) is 5.35. The predicted molar refractivity (Wildman–Crippen MR) is 89.2 cm³/mol. The number of piperazine rings is 1. The summed E-state index contributed by atoms with van der Waals surface area (Å²) in [5.41, 5.74) is 2.45. The average molecular weight is 289 g/mol. The Morgan fingerprint density at radius 3 is 2.67 bits per heavy atom. The van der Waals surface area contributed by atoms with Gasteiger partial charge in [0.15, 0.2) is 0 Å². The van der Waals surface area contributed by atoms with Crippen LogP contribution >= 0.6 is 0 Å². The van der Waals surface area contributed by atoms with Crippen molar-refractivity contribution in [2.24, 2.45) is 0 Å². The number of methoxy groups -OCH3 is 1. The van der Waals surface area contributed by atoms with Crippen LogP contribution in [0, 0.1) is 0 Å². The minimum Gasteiger partial charge on any atom is -0.495 e. The van der Waals surface area contributed by atoms with Gasteiger partial charge in [-0.2, -0.15) is 0 Å². The number of hydrogen-bond donors (Lipinski definition) is 1. The topological polar surface area (TPSA) is 27.7 Å². The molecule has 1 aromatic rings. The molecule has 116 valence electrons. The first-order chi connectivity index (χ1) is 10.3. The molecule has 0 aliphatic carbocycles. The summed E-state index contributed by atoms with van der Waals surface area (Å²) in [6.07, 6.45) is 1.87. The second-order valence-corrected chi connectivity index (χ2v) is 5.35. The monoisotopic (exact) mass is 289 g/mol. The first kappa shape index (κ1) is 15.9. The Morgan fingerprint density at radius 1 is 1.29 bits per heavy atom. The minimum absolute atomic E-state index is 0.822. The van der Waals surface area contributed by atoms with Crippen molar-refractivity contribution in [1.82, 2.24) is 10.2 Å². The van der Waals surface area contributed by atoms with Gasteiger partial charge in [0.2, 0.25) is 0 Å². The number of rotatable bonds is 7. The van der Waals surface area contributed by atoms with Crippen LogP contribution in [0.1, 0.15) is 12.5 Å². The highest BCUT2D eigenvalue weighted by molar-refractivity contribution is 5.60. The van der Waals surface area contributed by atoms with Crippen molar-refractivity contribution in [3.8, 4) is 5.75 Å². The van der Waals surface area contributed by atoms with E-state index in [1.165, 1.54) is 11.3 Å². The number of nitrogens with zero attached hydrogens (tertiary/aromatic N) is 2. The van der Waals surface area contributed by atoms with Crippen molar-refractivity contribution in [3.05, 3.63) is 36.4 Å². The Labute approximate surface area is 128 Å². The fraction of sp³-hybridized carbons (Fsp3) is 0.529. The first-order valence-corrected chi connectivity index (χ1v) is 7.74. The van der Waals surface area contributed by atoms with E-state index in [-0.39, 0.29) is 0 Å². The molecule has 1 fully saturated rings. The molecule has 21 heavy (non-hydrogen) atoms. The van der Waals surface area contributed by atoms with Crippen LogP contribution in [0.2, 0.25) is 0 Å². The van der Waals surface area contributed by atoms with E-state index in [1.807, 2.05) is 6.08 Å². The zero-order valence-corrected chi connectivity index (χ0v) is 13.3. The van der Waals surface area contributed by atoms with E-state index in [1.54, 1.807) is 7.11 Å². The average Bonchev–Trinajstić information content (AvgIpc) is 2.55. The quantitative estimate of drug-likeness (QED) is 0.614. The van der Waals surface area contributed by atoms with E-state index in [0.29, 0.717) is 0 Å². The molecule has 2 rings (SSSR count). The van der Waals surface area contributed by atoms with Crippen molar-refractivity contribution in [3.63, 3.8) is 0 Å². The van der Waals surface area contributed by atoms with Crippen LogP contribution in [0.3, 0.4) is 0 Å². The Hall–Kier alpha value is -1.52. The SMILES string of the molecule is C=CCNCc1ccc(N2CCN(CC)CC2)c(OC)c1. The molecular weight excluding hydrogens is 262 g/mol. The summed E-state index contributed by atoms with van der Waals surface area (Å²) < 4.78 is 5.60. The van der Waals surface area contributed by atoms with Gasteiger partial charge in [-0.15, -0.1) is 6.58 Å². The minimum atomic E-state index is 0.822. The smallest absolute Gasteiger partial charge is 0.142 e. The fourth-order valence-electron chi connectivity index (χ4n) is 2.72. The number of hydrogen-bond acceptors (Lipinski definition) is 4. The van der Waals surface area contributed by atoms with Gasteiger partial charge in [0, 0.05) is 39.3 Å². The Bertz CT molecular complexity index is 453. The maximum atomic E-state index is 5.60. The molecule has 0 amide bonds. The molecule has 0 radical (unpaired) electrons. The number of likely N-dealkylation sites (N-methyl/N-ethyl adjacent to an activating group) is 1. The van der Waals surface area contributed by atoms with Crippen LogP contribution < -0.4 is 15.0 Å². The highest BCUT2D eigenvalue weighted by atomic mass is 16.5. The molecule has 1 aromatic carbocycles. The predicted octanol–water partition coefficient (Wildman–Crippen LogP) is 2.11. The van der Waals surface area contributed by atoms with Crippen molar-refractivity contribution in [2.75, 3.05) is 51.3 Å². The zero-order valence-electron chi connectivity index (χ0n) is 13.3. The third kappa shape index (κ3) is 4.22. The molecule has 4 heteroatoms. The van der Waals surface area contributed by atoms with Gasteiger partial charge in [-0.05, 0) is 24.2 Å². The van der Waals surface area contributed by atoms with Gasteiger partial charge >= 0.3 is 0 Å². The van der Waals surface area contributed by atoms with Crippen LogP contribution in [0.15, 0.2) is 30.9 Å². The van der Waals surface area contributed by atoms with Gasteiger partial charge in [-0.1, -0.05) is 19.1 Å². The lowest BCUT2D eigenvalue weighted by molar-refractivity contribution is 0.270. The number of anilines is 1. The molecule has 0 aromatic heterocycles. The molecule has 0 saturated carbocycles. The molecule has 1 aliphatic rings. The van der Waals surface area contributed by atoms with Crippen molar-refractivity contribution >= 4 is 5.69 Å². The largest absolute Gasteiger partial charge is 0.495 e. The fourth-order valence-corrected chi connectivity index (χ4v) is 2.72. The Balaban J connectivity index is 2.04. The third-order valence-electron chi connectivity index (χ3n) is 4.02. The molecule has 1 heterocycles. The van der Waals surface area contributed by atoms with E-state index in [2.05, 4.69) is 46.8 Å². The summed E-state index contributed by atoms with van der Waals surface area (Å²) in [5.74, 6) is 0.970. The third-order valence-corrected chi connectivity index (χ3v) is 4.02. The number of nitrogens with one attached hydrogen (secondary N) is 1. The summed E-state index contributed by atoms with van der Waals surface area (Å²) in [5, 5.41) is 3.32. The van der Waals surface area contributed by atoms with Crippen LogP contribution in [-0.2, 0) is 6.54 Å². The van der Waals surface area contributed by atoms with E-state index >= 15 is 0 Å². The van der Waals surface area contributed by atoms with Crippen molar-refractivity contribution < 1.29 is 4.74 Å². The standard InChI is InChI=1S/C17H27N3O/c1-4-8-18-14-15-6-7-16(17(13-15)21-3)20-11-9-19(5-2)10-12-20/h4,6-7,13,18H,1,5,8-12,14H2,2-3H3. The highest BCUT2D eigenvalue weighted by Gasteiger charge is 2.18. The van der Waals surface area contributed by atoms with E-state index in [0.717, 1.165) is 51.6 Å². The van der Waals surface area contributed by atoms with Gasteiger partial charge in [0.1, 0.15) is 5.75 Å². The number of ether oxygens (including phenoxy) is 1. The van der Waals surface area contributed by atoms with Crippen LogP contribution in [-0.4, -0.2) is 51.3 Å². The first-order valence-electron chi connectivity index (χ1n) is 7.74. The Kier molecular flexibility index (Phi) is 6.08. The lowest BCUT2D eigenvalue weighted by Crippen LogP contribution is -2.46. The van der Waals surface area contributed by atoms with E-state index in [9.17, 15) is 0 Å². The van der Waals surface area contributed by atoms with Gasteiger partial charge < -0.3 is 19.9 Å². The Morgan fingerprint density at radius 2 is 2.05 bits per heavy atom. The summed E-state index contributed by atoms with van der Waals surface area (Å²) in [6.45, 7) is 13.1. The lowest BCUT2D eigenvalue weighted by atomic mass is 10.1. The molecule has 1 N–H and O–H groups in total. The van der Waals surface area contributed by atoms with Crippen LogP contribution in [0.25, 0.3) is 0 Å². The van der Waals surface area contributed by atoms with Crippen molar-refractivity contribution in [2.45, 2.75) is 13.5 Å². The molecule has 0 atom stereocenters. The van der Waals surface area contributed by atoms with Gasteiger partial charge in [-0.3, -0.25) is 0 Å². The zero-order chi connectivity index (χ0) is 15.1. The highest BCUT2D eigenvalue weighted by Crippen LogP contribution is 2.30. The molecule has 4 nitrogen and oxygen atoms in total. The number of benzene rings is 1.